The van der Waals surface area contributed by atoms with Crippen molar-refractivity contribution in [1.29, 1.82) is 0 Å². The quantitative estimate of drug-likeness (QED) is 0.712. The van der Waals surface area contributed by atoms with Gasteiger partial charge in [-0.25, -0.2) is 4.79 Å². The van der Waals surface area contributed by atoms with Crippen LogP contribution >= 0.6 is 0 Å². The summed E-state index contributed by atoms with van der Waals surface area (Å²) in [5.41, 5.74) is 1.01. The highest BCUT2D eigenvalue weighted by Crippen LogP contribution is 2.20. The molecule has 2 fully saturated rings. The van der Waals surface area contributed by atoms with Crippen molar-refractivity contribution < 1.29 is 9.53 Å². The molecule has 1 aliphatic heterocycles. The van der Waals surface area contributed by atoms with E-state index in [1.54, 1.807) is 0 Å². The van der Waals surface area contributed by atoms with Crippen LogP contribution in [-0.4, -0.2) is 49.3 Å². The van der Waals surface area contributed by atoms with Crippen molar-refractivity contribution in [3.63, 3.8) is 0 Å². The number of piperidine rings is 1. The Morgan fingerprint density at radius 1 is 1.08 bits per heavy atom. The molecule has 2 N–H and O–H groups in total. The predicted octanol–water partition coefficient (Wildman–Crippen LogP) is 2.91. The number of carbonyl (C=O) groups is 1. The molecule has 5 nitrogen and oxygen atoms in total. The van der Waals surface area contributed by atoms with E-state index in [2.05, 4.69) is 15.5 Å². The minimum absolute atomic E-state index is 0.253. The minimum Gasteiger partial charge on any atom is -0.445 e. The summed E-state index contributed by atoms with van der Waals surface area (Å²) in [6, 6.07) is 10.6. The van der Waals surface area contributed by atoms with Crippen molar-refractivity contribution in [2.45, 2.75) is 57.2 Å². The van der Waals surface area contributed by atoms with Gasteiger partial charge in [0, 0.05) is 12.1 Å². The molecule has 138 valence electrons. The smallest absolute Gasteiger partial charge is 0.407 e. The maximum atomic E-state index is 11.8. The summed E-state index contributed by atoms with van der Waals surface area (Å²) in [6.07, 6.45) is 7.05. The van der Waals surface area contributed by atoms with Gasteiger partial charge in [-0.15, -0.1) is 0 Å². The fraction of sp³-hybridized carbons (Fsp3) is 0.650. The monoisotopic (exact) mass is 345 g/mol. The van der Waals surface area contributed by atoms with Gasteiger partial charge >= 0.3 is 6.09 Å². The molecule has 1 aromatic rings. The molecule has 1 saturated carbocycles. The number of benzene rings is 1. The van der Waals surface area contributed by atoms with Gasteiger partial charge in [-0.2, -0.15) is 0 Å². The van der Waals surface area contributed by atoms with Crippen molar-refractivity contribution in [3.05, 3.63) is 35.9 Å². The Morgan fingerprint density at radius 2 is 1.84 bits per heavy atom. The zero-order chi connectivity index (χ0) is 17.3. The number of likely N-dealkylation sites (tertiary alicyclic amines) is 1. The number of rotatable bonds is 8. The third kappa shape index (κ3) is 6.33. The van der Waals surface area contributed by atoms with Crippen LogP contribution in [-0.2, 0) is 11.3 Å². The highest BCUT2D eigenvalue weighted by molar-refractivity contribution is 5.67. The Morgan fingerprint density at radius 3 is 2.60 bits per heavy atom. The average Bonchev–Trinajstić information content (AvgIpc) is 2.62. The zero-order valence-corrected chi connectivity index (χ0v) is 15.1. The van der Waals surface area contributed by atoms with Gasteiger partial charge in [-0.3, -0.25) is 0 Å². The van der Waals surface area contributed by atoms with Crippen LogP contribution in [0, 0.1) is 0 Å². The van der Waals surface area contributed by atoms with E-state index in [1.165, 1.54) is 45.3 Å². The first-order valence-electron chi connectivity index (χ1n) is 9.72. The molecule has 0 unspecified atom stereocenters. The second-order valence-corrected chi connectivity index (χ2v) is 7.28. The second kappa shape index (κ2) is 9.78. The number of carbonyl (C=O) groups excluding carboxylic acids is 1. The SMILES string of the molecule is O=C(NC1CC(NCCCN2CCCCC2)C1)OCc1ccccc1. The number of hydrogen-bond acceptors (Lipinski definition) is 4. The van der Waals surface area contributed by atoms with Crippen LogP contribution in [0.4, 0.5) is 4.79 Å². The third-order valence-corrected chi connectivity index (χ3v) is 5.21. The lowest BCUT2D eigenvalue weighted by atomic mass is 9.87. The molecule has 3 rings (SSSR count). The lowest BCUT2D eigenvalue weighted by Gasteiger charge is -2.36. The van der Waals surface area contributed by atoms with Gasteiger partial charge in [0.2, 0.25) is 0 Å². The summed E-state index contributed by atoms with van der Waals surface area (Å²) in [7, 11) is 0. The van der Waals surface area contributed by atoms with E-state index in [0.717, 1.165) is 24.9 Å². The molecule has 1 heterocycles. The topological polar surface area (TPSA) is 53.6 Å². The molecule has 0 spiro atoms. The van der Waals surface area contributed by atoms with E-state index in [-0.39, 0.29) is 12.1 Å². The van der Waals surface area contributed by atoms with E-state index < -0.39 is 0 Å². The Kier molecular flexibility index (Phi) is 7.12. The molecule has 0 aromatic heterocycles. The molecule has 2 aliphatic rings. The van der Waals surface area contributed by atoms with Crippen molar-refractivity contribution in [1.82, 2.24) is 15.5 Å². The molecular formula is C20H31N3O2. The Bertz CT molecular complexity index is 511. The number of amides is 1. The molecule has 1 saturated heterocycles. The van der Waals surface area contributed by atoms with E-state index in [4.69, 9.17) is 4.74 Å². The highest BCUT2D eigenvalue weighted by Gasteiger charge is 2.30. The summed E-state index contributed by atoms with van der Waals surface area (Å²) in [5, 5.41) is 6.55. The normalized spacial score (nSPS) is 23.7. The predicted molar refractivity (Wildman–Crippen MR) is 99.5 cm³/mol. The fourth-order valence-corrected chi connectivity index (χ4v) is 3.63. The standard InChI is InChI=1S/C20H31N3O2/c24-20(25-16-17-8-3-1-4-9-17)22-19-14-18(15-19)21-10-7-13-23-11-5-2-6-12-23/h1,3-4,8-9,18-19,21H,2,5-7,10-16H2,(H,22,24). The number of alkyl carbamates (subject to hydrolysis) is 1. The zero-order valence-electron chi connectivity index (χ0n) is 15.1. The second-order valence-electron chi connectivity index (χ2n) is 7.28. The number of nitrogens with zero attached hydrogens (tertiary/aromatic N) is 1. The third-order valence-electron chi connectivity index (χ3n) is 5.21. The van der Waals surface area contributed by atoms with Gasteiger partial charge in [0.1, 0.15) is 6.61 Å². The first-order valence-corrected chi connectivity index (χ1v) is 9.72. The van der Waals surface area contributed by atoms with Gasteiger partial charge in [0.15, 0.2) is 0 Å². The Hall–Kier alpha value is -1.59. The van der Waals surface area contributed by atoms with Crippen LogP contribution in [0.5, 0.6) is 0 Å². The summed E-state index contributed by atoms with van der Waals surface area (Å²) >= 11 is 0. The lowest BCUT2D eigenvalue weighted by Crippen LogP contribution is -2.52. The molecule has 25 heavy (non-hydrogen) atoms. The molecule has 1 amide bonds. The molecule has 0 bridgehead atoms. The number of nitrogens with one attached hydrogen (secondary N) is 2. The van der Waals surface area contributed by atoms with Crippen LogP contribution in [0.25, 0.3) is 0 Å². The van der Waals surface area contributed by atoms with Crippen molar-refractivity contribution in [3.8, 4) is 0 Å². The highest BCUT2D eigenvalue weighted by atomic mass is 16.5. The Balaban J connectivity index is 1.19. The van der Waals surface area contributed by atoms with Gasteiger partial charge in [-0.1, -0.05) is 36.8 Å². The van der Waals surface area contributed by atoms with E-state index >= 15 is 0 Å². The van der Waals surface area contributed by atoms with Crippen LogP contribution in [0.1, 0.15) is 44.1 Å². The summed E-state index contributed by atoms with van der Waals surface area (Å²) in [5.74, 6) is 0. The van der Waals surface area contributed by atoms with Gasteiger partial charge in [0.05, 0.1) is 0 Å². The van der Waals surface area contributed by atoms with Crippen LogP contribution < -0.4 is 10.6 Å². The summed E-state index contributed by atoms with van der Waals surface area (Å²) < 4.78 is 5.26. The lowest BCUT2D eigenvalue weighted by molar-refractivity contribution is 0.125. The first kappa shape index (κ1) is 18.2. The summed E-state index contributed by atoms with van der Waals surface area (Å²) in [4.78, 5) is 14.4. The summed E-state index contributed by atoms with van der Waals surface area (Å²) in [6.45, 7) is 5.18. The largest absolute Gasteiger partial charge is 0.445 e. The van der Waals surface area contributed by atoms with Crippen molar-refractivity contribution >= 4 is 6.09 Å². The van der Waals surface area contributed by atoms with E-state index in [9.17, 15) is 4.79 Å². The molecule has 1 aromatic carbocycles. The minimum atomic E-state index is -0.308. The van der Waals surface area contributed by atoms with Crippen molar-refractivity contribution in [2.75, 3.05) is 26.2 Å². The molecule has 5 heteroatoms. The van der Waals surface area contributed by atoms with Gasteiger partial charge in [-0.05, 0) is 63.8 Å². The molecular weight excluding hydrogens is 314 g/mol. The van der Waals surface area contributed by atoms with Crippen LogP contribution in [0.2, 0.25) is 0 Å². The molecule has 0 atom stereocenters. The maximum absolute atomic E-state index is 11.8. The molecule has 1 aliphatic carbocycles. The first-order chi connectivity index (χ1) is 12.3. The van der Waals surface area contributed by atoms with Crippen LogP contribution in [0.15, 0.2) is 30.3 Å². The van der Waals surface area contributed by atoms with E-state index in [1.807, 2.05) is 30.3 Å². The van der Waals surface area contributed by atoms with Crippen LogP contribution in [0.3, 0.4) is 0 Å². The van der Waals surface area contributed by atoms with Crippen molar-refractivity contribution in [2.24, 2.45) is 0 Å². The molecule has 0 radical (unpaired) electrons. The number of hydrogen-bond donors (Lipinski definition) is 2. The average molecular weight is 345 g/mol. The number of ether oxygens (including phenoxy) is 1. The van der Waals surface area contributed by atoms with Gasteiger partial charge in [0.25, 0.3) is 0 Å². The Labute approximate surface area is 151 Å². The van der Waals surface area contributed by atoms with Gasteiger partial charge < -0.3 is 20.3 Å². The van der Waals surface area contributed by atoms with E-state index in [0.29, 0.717) is 12.6 Å². The maximum Gasteiger partial charge on any atom is 0.407 e. The fourth-order valence-electron chi connectivity index (χ4n) is 3.63.